The predicted octanol–water partition coefficient (Wildman–Crippen LogP) is 3.31. The van der Waals surface area contributed by atoms with Gasteiger partial charge in [-0.15, -0.1) is 0 Å². The number of halogens is 1. The normalized spacial score (nSPS) is 19.0. The Kier molecular flexibility index (Phi) is 3.74. The topological polar surface area (TPSA) is 57.4 Å². The quantitative estimate of drug-likeness (QED) is 0.620. The molecule has 0 radical (unpaired) electrons. The lowest BCUT2D eigenvalue weighted by Crippen LogP contribution is -2.45. The molecule has 1 saturated heterocycles. The van der Waals surface area contributed by atoms with Crippen LogP contribution in [0, 0.1) is 3.57 Å². The summed E-state index contributed by atoms with van der Waals surface area (Å²) >= 11 is 2.33. The third-order valence-corrected chi connectivity index (χ3v) is 5.64. The van der Waals surface area contributed by atoms with E-state index < -0.39 is 0 Å². The van der Waals surface area contributed by atoms with Crippen LogP contribution in [0.4, 0.5) is 11.8 Å². The van der Waals surface area contributed by atoms with E-state index in [4.69, 9.17) is 14.4 Å². The molecule has 0 bridgehead atoms. The smallest absolute Gasteiger partial charge is 0.225 e. The number of nitrogens with zero attached hydrogens (tertiary/aromatic N) is 4. The van der Waals surface area contributed by atoms with Crippen LogP contribution < -0.4 is 10.2 Å². The Labute approximate surface area is 159 Å². The van der Waals surface area contributed by atoms with Gasteiger partial charge in [0.05, 0.1) is 0 Å². The molecule has 1 saturated carbocycles. The first-order valence-electron chi connectivity index (χ1n) is 8.77. The molecule has 2 aromatic heterocycles. The lowest BCUT2D eigenvalue weighted by molar-refractivity contribution is 0.312. The van der Waals surface area contributed by atoms with Crippen LogP contribution in [0.25, 0.3) is 22.1 Å². The number of hydrogen-bond donors (Lipinski definition) is 1. The van der Waals surface area contributed by atoms with Crippen molar-refractivity contribution < 1.29 is 4.42 Å². The molecule has 2 fully saturated rings. The molecule has 2 aliphatic rings. The molecule has 0 amide bonds. The van der Waals surface area contributed by atoms with E-state index in [0.717, 1.165) is 60.0 Å². The van der Waals surface area contributed by atoms with Gasteiger partial charge < -0.3 is 19.5 Å². The molecule has 0 spiro atoms. The second kappa shape index (κ2) is 5.98. The summed E-state index contributed by atoms with van der Waals surface area (Å²) in [6, 6.07) is 6.76. The van der Waals surface area contributed by atoms with Gasteiger partial charge in [-0.05, 0) is 60.7 Å². The van der Waals surface area contributed by atoms with Crippen molar-refractivity contribution in [3.05, 3.63) is 21.8 Å². The molecule has 130 valence electrons. The zero-order valence-corrected chi connectivity index (χ0v) is 16.3. The minimum Gasteiger partial charge on any atom is -0.450 e. The predicted molar refractivity (Wildman–Crippen MR) is 108 cm³/mol. The van der Waals surface area contributed by atoms with Crippen molar-refractivity contribution >= 4 is 56.4 Å². The minimum atomic E-state index is 0.524. The van der Waals surface area contributed by atoms with Crippen molar-refractivity contribution in [1.82, 2.24) is 14.9 Å². The summed E-state index contributed by atoms with van der Waals surface area (Å²) in [6.07, 6.45) is 2.41. The van der Waals surface area contributed by atoms with Crippen LogP contribution in [0.3, 0.4) is 0 Å². The molecule has 0 atom stereocenters. The summed E-state index contributed by atoms with van der Waals surface area (Å²) < 4.78 is 7.37. The van der Waals surface area contributed by atoms with Crippen molar-refractivity contribution in [3.8, 4) is 0 Å². The number of fused-ring (bicyclic) bond motifs is 3. The zero-order chi connectivity index (χ0) is 17.0. The number of nitrogens with one attached hydrogen (secondary N) is 1. The second-order valence-corrected chi connectivity index (χ2v) is 8.25. The van der Waals surface area contributed by atoms with Gasteiger partial charge in [0.25, 0.3) is 0 Å². The number of hydrogen-bond acceptors (Lipinski definition) is 6. The first kappa shape index (κ1) is 15.6. The molecule has 25 heavy (non-hydrogen) atoms. The van der Waals surface area contributed by atoms with Crippen LogP contribution in [0.2, 0.25) is 0 Å². The Bertz CT molecular complexity index is 943. The van der Waals surface area contributed by atoms with Crippen molar-refractivity contribution in [2.45, 2.75) is 18.9 Å². The maximum Gasteiger partial charge on any atom is 0.225 e. The van der Waals surface area contributed by atoms with Gasteiger partial charge in [-0.25, -0.2) is 4.98 Å². The molecule has 1 aromatic carbocycles. The van der Waals surface area contributed by atoms with Gasteiger partial charge in [0.1, 0.15) is 11.1 Å². The van der Waals surface area contributed by atoms with Crippen molar-refractivity contribution in [3.63, 3.8) is 0 Å². The number of rotatable bonds is 3. The SMILES string of the molecule is CN1CCN(c2nc(NC3CC3)nc3c2oc2ccc(I)cc23)CC1. The summed E-state index contributed by atoms with van der Waals surface area (Å²) in [7, 11) is 2.16. The lowest BCUT2D eigenvalue weighted by atomic mass is 10.2. The number of piperazine rings is 1. The third-order valence-electron chi connectivity index (χ3n) is 4.97. The van der Waals surface area contributed by atoms with E-state index in [1.165, 1.54) is 16.4 Å². The molecule has 3 heterocycles. The molecule has 5 rings (SSSR count). The van der Waals surface area contributed by atoms with Gasteiger partial charge in [-0.2, -0.15) is 4.98 Å². The van der Waals surface area contributed by atoms with Crippen LogP contribution in [0.15, 0.2) is 22.6 Å². The highest BCUT2D eigenvalue weighted by molar-refractivity contribution is 14.1. The molecule has 3 aromatic rings. The molecule has 7 heteroatoms. The molecular formula is C18H20IN5O. The van der Waals surface area contributed by atoms with E-state index in [9.17, 15) is 0 Å². The van der Waals surface area contributed by atoms with Crippen LogP contribution in [0.1, 0.15) is 12.8 Å². The highest BCUT2D eigenvalue weighted by Crippen LogP contribution is 2.35. The Morgan fingerprint density at radius 1 is 1.16 bits per heavy atom. The maximum atomic E-state index is 6.18. The number of likely N-dealkylation sites (N-methyl/N-ethyl adjacent to an activating group) is 1. The van der Waals surface area contributed by atoms with E-state index in [1.54, 1.807) is 0 Å². The minimum absolute atomic E-state index is 0.524. The van der Waals surface area contributed by atoms with Gasteiger partial charge in [0.2, 0.25) is 5.95 Å². The van der Waals surface area contributed by atoms with Crippen LogP contribution in [-0.4, -0.2) is 54.1 Å². The van der Waals surface area contributed by atoms with E-state index >= 15 is 0 Å². The van der Waals surface area contributed by atoms with E-state index in [2.05, 4.69) is 56.9 Å². The summed E-state index contributed by atoms with van der Waals surface area (Å²) in [5, 5.41) is 4.53. The maximum absolute atomic E-state index is 6.18. The highest BCUT2D eigenvalue weighted by Gasteiger charge is 2.26. The summed E-state index contributed by atoms with van der Waals surface area (Å²) in [4.78, 5) is 14.3. The van der Waals surface area contributed by atoms with Crippen LogP contribution in [-0.2, 0) is 0 Å². The molecular weight excluding hydrogens is 429 g/mol. The monoisotopic (exact) mass is 449 g/mol. The second-order valence-electron chi connectivity index (χ2n) is 7.00. The largest absolute Gasteiger partial charge is 0.450 e. The van der Waals surface area contributed by atoms with Gasteiger partial charge in [-0.3, -0.25) is 0 Å². The van der Waals surface area contributed by atoms with Gasteiger partial charge in [0, 0.05) is 41.2 Å². The molecule has 1 N–H and O–H groups in total. The highest BCUT2D eigenvalue weighted by atomic mass is 127. The van der Waals surface area contributed by atoms with Crippen molar-refractivity contribution in [1.29, 1.82) is 0 Å². The fraction of sp³-hybridized carbons (Fsp3) is 0.444. The Morgan fingerprint density at radius 2 is 1.96 bits per heavy atom. The average Bonchev–Trinajstić information content (AvgIpc) is 3.35. The molecule has 0 unspecified atom stereocenters. The number of aromatic nitrogens is 2. The summed E-state index contributed by atoms with van der Waals surface area (Å²) in [5.41, 5.74) is 2.60. The average molecular weight is 449 g/mol. The number of furan rings is 1. The van der Waals surface area contributed by atoms with Gasteiger partial charge in [0.15, 0.2) is 11.4 Å². The fourth-order valence-corrected chi connectivity index (χ4v) is 3.80. The van der Waals surface area contributed by atoms with E-state index in [0.29, 0.717) is 6.04 Å². The van der Waals surface area contributed by atoms with Gasteiger partial charge in [-0.1, -0.05) is 0 Å². The zero-order valence-electron chi connectivity index (χ0n) is 14.1. The Hall–Kier alpha value is -1.61. The summed E-state index contributed by atoms with van der Waals surface area (Å²) in [6.45, 7) is 3.99. The molecule has 1 aliphatic carbocycles. The first-order valence-corrected chi connectivity index (χ1v) is 9.85. The van der Waals surface area contributed by atoms with Crippen molar-refractivity contribution in [2.24, 2.45) is 0 Å². The Morgan fingerprint density at radius 3 is 2.72 bits per heavy atom. The summed E-state index contributed by atoms with van der Waals surface area (Å²) in [5.74, 6) is 1.65. The van der Waals surface area contributed by atoms with Crippen LogP contribution >= 0.6 is 22.6 Å². The third kappa shape index (κ3) is 2.93. The number of benzene rings is 1. The fourth-order valence-electron chi connectivity index (χ4n) is 3.31. The molecule has 6 nitrogen and oxygen atoms in total. The lowest BCUT2D eigenvalue weighted by Gasteiger charge is -2.33. The standard InChI is InChI=1S/C18H20IN5O/c1-23-6-8-24(9-7-23)17-16-15(21-18(22-17)20-12-3-4-12)13-10-11(19)2-5-14(13)25-16/h2,5,10,12H,3-4,6-9H2,1H3,(H,20,21,22). The van der Waals surface area contributed by atoms with Crippen LogP contribution in [0.5, 0.6) is 0 Å². The van der Waals surface area contributed by atoms with E-state index in [-0.39, 0.29) is 0 Å². The number of anilines is 2. The van der Waals surface area contributed by atoms with Gasteiger partial charge >= 0.3 is 0 Å². The van der Waals surface area contributed by atoms with Crippen molar-refractivity contribution in [2.75, 3.05) is 43.4 Å². The van der Waals surface area contributed by atoms with E-state index in [1.807, 2.05) is 6.07 Å². The Balaban J connectivity index is 1.68. The molecule has 1 aliphatic heterocycles. The first-order chi connectivity index (χ1) is 12.2.